The normalized spacial score (nSPS) is 12.1. The average molecular weight is 370 g/mol. The van der Waals surface area contributed by atoms with E-state index < -0.39 is 0 Å². The zero-order chi connectivity index (χ0) is 18.4. The molecule has 0 radical (unpaired) electrons. The highest BCUT2D eigenvalue weighted by Crippen LogP contribution is 2.21. The van der Waals surface area contributed by atoms with Crippen LogP contribution in [0.15, 0.2) is 46.3 Å². The number of rotatable bonds is 8. The molecule has 136 valence electrons. The number of aryl methyl sites for hydroxylation is 3. The molecule has 3 rings (SSSR count). The number of hydrogen-bond donors (Lipinski definition) is 0. The van der Waals surface area contributed by atoms with Gasteiger partial charge >= 0.3 is 0 Å². The van der Waals surface area contributed by atoms with Crippen LogP contribution in [-0.2, 0) is 24.1 Å². The Morgan fingerprint density at radius 3 is 2.58 bits per heavy atom. The zero-order valence-electron chi connectivity index (χ0n) is 15.0. The lowest BCUT2D eigenvalue weighted by molar-refractivity contribution is -0.131. The van der Waals surface area contributed by atoms with Gasteiger partial charge in [0, 0.05) is 37.9 Å². The molecule has 3 aromatic rings. The molecule has 0 saturated carbocycles. The number of amides is 1. The van der Waals surface area contributed by atoms with E-state index in [1.165, 1.54) is 5.56 Å². The van der Waals surface area contributed by atoms with Gasteiger partial charge in [0.15, 0.2) is 0 Å². The van der Waals surface area contributed by atoms with Gasteiger partial charge < -0.3 is 9.32 Å². The van der Waals surface area contributed by atoms with Gasteiger partial charge in [0.25, 0.3) is 0 Å². The molecule has 2 aromatic heterocycles. The standard InChI is InChI=1S/C19H22N4O2S/c1-14(19-20-12-13-26-19)23(2)18(24)11-10-17-22-21-16(25-17)9-8-15-6-4-3-5-7-15/h3-7,12-14H,8-11H2,1-2H3/t14-/m1/s1. The van der Waals surface area contributed by atoms with Gasteiger partial charge in [-0.3, -0.25) is 4.79 Å². The highest BCUT2D eigenvalue weighted by atomic mass is 32.1. The maximum atomic E-state index is 12.4. The molecular weight excluding hydrogens is 348 g/mol. The van der Waals surface area contributed by atoms with Gasteiger partial charge in [0.1, 0.15) is 5.01 Å². The summed E-state index contributed by atoms with van der Waals surface area (Å²) in [7, 11) is 1.80. The summed E-state index contributed by atoms with van der Waals surface area (Å²) < 4.78 is 5.66. The Morgan fingerprint density at radius 1 is 1.15 bits per heavy atom. The molecule has 0 saturated heterocycles. The number of aromatic nitrogens is 3. The quantitative estimate of drug-likeness (QED) is 0.607. The summed E-state index contributed by atoms with van der Waals surface area (Å²) in [5.74, 6) is 1.16. The van der Waals surface area contributed by atoms with Crippen LogP contribution in [0.2, 0.25) is 0 Å². The number of carbonyl (C=O) groups is 1. The number of hydrogen-bond acceptors (Lipinski definition) is 6. The Kier molecular flexibility index (Phi) is 6.12. The minimum Gasteiger partial charge on any atom is -0.425 e. The minimum absolute atomic E-state index is 0.0355. The lowest BCUT2D eigenvalue weighted by Crippen LogP contribution is -2.29. The van der Waals surface area contributed by atoms with Gasteiger partial charge in [-0.05, 0) is 18.9 Å². The molecule has 0 unspecified atom stereocenters. The topological polar surface area (TPSA) is 72.1 Å². The summed E-state index contributed by atoms with van der Waals surface area (Å²) in [4.78, 5) is 18.4. The average Bonchev–Trinajstić information content (AvgIpc) is 3.36. The van der Waals surface area contributed by atoms with Crippen molar-refractivity contribution in [2.24, 2.45) is 0 Å². The van der Waals surface area contributed by atoms with Crippen LogP contribution < -0.4 is 0 Å². The third-order valence-electron chi connectivity index (χ3n) is 4.31. The summed E-state index contributed by atoms with van der Waals surface area (Å²) in [6.07, 6.45) is 4.10. The molecular formula is C19H22N4O2S. The third kappa shape index (κ3) is 4.76. The van der Waals surface area contributed by atoms with E-state index in [0.29, 0.717) is 31.0 Å². The van der Waals surface area contributed by atoms with E-state index in [0.717, 1.165) is 11.4 Å². The van der Waals surface area contributed by atoms with Crippen molar-refractivity contribution in [2.45, 2.75) is 38.6 Å². The Bertz CT molecular complexity index is 817. The van der Waals surface area contributed by atoms with Crippen LogP contribution in [0, 0.1) is 0 Å². The molecule has 0 bridgehead atoms. The Morgan fingerprint density at radius 2 is 1.88 bits per heavy atom. The predicted molar refractivity (Wildman–Crippen MR) is 99.8 cm³/mol. The highest BCUT2D eigenvalue weighted by Gasteiger charge is 2.20. The largest absolute Gasteiger partial charge is 0.425 e. The number of thiazole rings is 1. The predicted octanol–water partition coefficient (Wildman–Crippen LogP) is 3.46. The second-order valence-electron chi connectivity index (χ2n) is 6.13. The maximum absolute atomic E-state index is 12.4. The molecule has 1 aromatic carbocycles. The molecule has 26 heavy (non-hydrogen) atoms. The summed E-state index contributed by atoms with van der Waals surface area (Å²) in [5, 5.41) is 11.0. The number of carbonyl (C=O) groups excluding carboxylic acids is 1. The summed E-state index contributed by atoms with van der Waals surface area (Å²) >= 11 is 1.55. The van der Waals surface area contributed by atoms with Crippen molar-refractivity contribution in [3.8, 4) is 0 Å². The highest BCUT2D eigenvalue weighted by molar-refractivity contribution is 7.09. The lowest BCUT2D eigenvalue weighted by Gasteiger charge is -2.23. The summed E-state index contributed by atoms with van der Waals surface area (Å²) in [5.41, 5.74) is 1.24. The van der Waals surface area contributed by atoms with E-state index in [9.17, 15) is 4.79 Å². The minimum atomic E-state index is -0.0355. The SMILES string of the molecule is C[C@H](c1nccs1)N(C)C(=O)CCc1nnc(CCc2ccccc2)o1. The summed E-state index contributed by atoms with van der Waals surface area (Å²) in [6.45, 7) is 1.98. The van der Waals surface area contributed by atoms with Gasteiger partial charge in [-0.1, -0.05) is 30.3 Å². The van der Waals surface area contributed by atoms with Crippen molar-refractivity contribution in [1.82, 2.24) is 20.1 Å². The number of benzene rings is 1. The van der Waals surface area contributed by atoms with Gasteiger partial charge in [-0.25, -0.2) is 4.98 Å². The number of nitrogens with zero attached hydrogens (tertiary/aromatic N) is 4. The molecule has 6 nitrogen and oxygen atoms in total. The Balaban J connectivity index is 1.47. The van der Waals surface area contributed by atoms with Crippen molar-refractivity contribution < 1.29 is 9.21 Å². The van der Waals surface area contributed by atoms with Crippen molar-refractivity contribution >= 4 is 17.2 Å². The molecule has 0 aliphatic heterocycles. The zero-order valence-corrected chi connectivity index (χ0v) is 15.8. The van der Waals surface area contributed by atoms with Crippen molar-refractivity contribution in [3.05, 3.63) is 64.3 Å². The first-order valence-electron chi connectivity index (χ1n) is 8.63. The fraction of sp³-hybridized carbons (Fsp3) is 0.368. The smallest absolute Gasteiger partial charge is 0.223 e. The summed E-state index contributed by atoms with van der Waals surface area (Å²) in [6, 6.07) is 10.2. The second kappa shape index (κ2) is 8.71. The first kappa shape index (κ1) is 18.3. The molecule has 7 heteroatoms. The molecule has 2 heterocycles. The van der Waals surface area contributed by atoms with E-state index in [1.54, 1.807) is 29.5 Å². The van der Waals surface area contributed by atoms with Crippen molar-refractivity contribution in [1.29, 1.82) is 0 Å². The molecule has 0 N–H and O–H groups in total. The van der Waals surface area contributed by atoms with E-state index in [1.807, 2.05) is 30.5 Å². The van der Waals surface area contributed by atoms with Crippen LogP contribution in [0.25, 0.3) is 0 Å². The first-order chi connectivity index (χ1) is 12.6. The molecule has 0 aliphatic rings. The van der Waals surface area contributed by atoms with Crippen LogP contribution >= 0.6 is 11.3 Å². The van der Waals surface area contributed by atoms with Crippen LogP contribution in [-0.4, -0.2) is 33.0 Å². The second-order valence-corrected chi connectivity index (χ2v) is 7.05. The third-order valence-corrected chi connectivity index (χ3v) is 5.26. The molecule has 0 spiro atoms. The molecule has 1 atom stereocenters. The van der Waals surface area contributed by atoms with Crippen LogP contribution in [0.1, 0.15) is 41.7 Å². The fourth-order valence-corrected chi connectivity index (χ4v) is 3.34. The van der Waals surface area contributed by atoms with Gasteiger partial charge in [0.05, 0.1) is 6.04 Å². The van der Waals surface area contributed by atoms with E-state index in [4.69, 9.17) is 4.42 Å². The van der Waals surface area contributed by atoms with Crippen molar-refractivity contribution in [3.63, 3.8) is 0 Å². The molecule has 0 aliphatic carbocycles. The van der Waals surface area contributed by atoms with E-state index in [-0.39, 0.29) is 11.9 Å². The van der Waals surface area contributed by atoms with Crippen LogP contribution in [0.5, 0.6) is 0 Å². The Labute approximate surface area is 156 Å². The van der Waals surface area contributed by atoms with Gasteiger partial charge in [-0.15, -0.1) is 21.5 Å². The van der Waals surface area contributed by atoms with Crippen LogP contribution in [0.4, 0.5) is 0 Å². The Hall–Kier alpha value is -2.54. The first-order valence-corrected chi connectivity index (χ1v) is 9.51. The van der Waals surface area contributed by atoms with Gasteiger partial charge in [-0.2, -0.15) is 0 Å². The fourth-order valence-electron chi connectivity index (χ4n) is 2.60. The monoisotopic (exact) mass is 370 g/mol. The van der Waals surface area contributed by atoms with Gasteiger partial charge in [0.2, 0.25) is 17.7 Å². The van der Waals surface area contributed by atoms with Crippen molar-refractivity contribution in [2.75, 3.05) is 7.05 Å². The van der Waals surface area contributed by atoms with E-state index >= 15 is 0 Å². The van der Waals surface area contributed by atoms with E-state index in [2.05, 4.69) is 27.3 Å². The lowest BCUT2D eigenvalue weighted by atomic mass is 10.1. The molecule has 1 amide bonds. The van der Waals surface area contributed by atoms with Crippen LogP contribution in [0.3, 0.4) is 0 Å². The molecule has 0 fully saturated rings. The maximum Gasteiger partial charge on any atom is 0.223 e.